The van der Waals surface area contributed by atoms with Gasteiger partial charge in [0.15, 0.2) is 6.29 Å². The number of hydrogen-bond donors (Lipinski definition) is 0. The highest BCUT2D eigenvalue weighted by atomic mass is 35.5. The molecule has 1 heterocycles. The van der Waals surface area contributed by atoms with Crippen LogP contribution in [0.3, 0.4) is 0 Å². The summed E-state index contributed by atoms with van der Waals surface area (Å²) in [4.78, 5) is 14.4. The van der Waals surface area contributed by atoms with E-state index in [-0.39, 0.29) is 5.02 Å². The number of halogens is 2. The highest BCUT2D eigenvalue weighted by Gasteiger charge is 2.05. The number of aromatic nitrogens is 1. The van der Waals surface area contributed by atoms with Crippen LogP contribution in [0.1, 0.15) is 10.4 Å². The van der Waals surface area contributed by atoms with Crippen molar-refractivity contribution in [2.24, 2.45) is 0 Å². The maximum absolute atomic E-state index is 12.8. The largest absolute Gasteiger partial charge is 0.454 e. The number of pyridine rings is 1. The van der Waals surface area contributed by atoms with Crippen LogP contribution in [0.25, 0.3) is 0 Å². The fourth-order valence-corrected chi connectivity index (χ4v) is 1.45. The topological polar surface area (TPSA) is 39.2 Å². The summed E-state index contributed by atoms with van der Waals surface area (Å²) in [5.74, 6) is 0.225. The minimum atomic E-state index is -0.442. The Labute approximate surface area is 102 Å². The highest BCUT2D eigenvalue weighted by Crippen LogP contribution is 2.29. The summed E-state index contributed by atoms with van der Waals surface area (Å²) in [7, 11) is 0. The van der Waals surface area contributed by atoms with Crippen LogP contribution < -0.4 is 4.74 Å². The minimum Gasteiger partial charge on any atom is -0.454 e. The molecule has 0 atom stereocenters. The van der Waals surface area contributed by atoms with Crippen molar-refractivity contribution in [2.75, 3.05) is 0 Å². The predicted molar refractivity (Wildman–Crippen MR) is 61.1 cm³/mol. The zero-order chi connectivity index (χ0) is 12.3. The lowest BCUT2D eigenvalue weighted by Crippen LogP contribution is -1.89. The van der Waals surface area contributed by atoms with Crippen molar-refractivity contribution in [3.8, 4) is 11.5 Å². The van der Waals surface area contributed by atoms with Gasteiger partial charge < -0.3 is 4.74 Å². The van der Waals surface area contributed by atoms with Crippen LogP contribution in [0, 0.1) is 5.82 Å². The number of carbonyl (C=O) groups excluding carboxylic acids is 1. The van der Waals surface area contributed by atoms with Crippen molar-refractivity contribution in [2.45, 2.75) is 0 Å². The first-order valence-corrected chi connectivity index (χ1v) is 5.10. The van der Waals surface area contributed by atoms with E-state index in [0.29, 0.717) is 23.3 Å². The molecule has 1 aromatic carbocycles. The summed E-state index contributed by atoms with van der Waals surface area (Å²) in [5.41, 5.74) is 0.390. The number of hydrogen-bond acceptors (Lipinski definition) is 3. The normalized spacial score (nSPS) is 10.0. The van der Waals surface area contributed by atoms with Gasteiger partial charge in [-0.1, -0.05) is 11.6 Å². The molecule has 17 heavy (non-hydrogen) atoms. The van der Waals surface area contributed by atoms with E-state index in [1.165, 1.54) is 30.6 Å². The van der Waals surface area contributed by atoms with Crippen LogP contribution in [0.2, 0.25) is 5.02 Å². The number of carbonyl (C=O) groups is 1. The van der Waals surface area contributed by atoms with E-state index in [4.69, 9.17) is 16.3 Å². The molecule has 0 aliphatic heterocycles. The van der Waals surface area contributed by atoms with Gasteiger partial charge in [0, 0.05) is 11.8 Å². The smallest absolute Gasteiger partial charge is 0.151 e. The first-order chi connectivity index (χ1) is 8.19. The number of benzene rings is 1. The molecular weight excluding hydrogens is 245 g/mol. The molecule has 0 unspecified atom stereocenters. The second-order valence-electron chi connectivity index (χ2n) is 3.25. The standard InChI is InChI=1S/C12H7ClFNO2/c13-11-4-9(14)1-2-12(11)17-10-3-8(7-16)5-15-6-10/h1-7H. The van der Waals surface area contributed by atoms with E-state index in [0.717, 1.165) is 6.07 Å². The highest BCUT2D eigenvalue weighted by molar-refractivity contribution is 6.32. The van der Waals surface area contributed by atoms with Gasteiger partial charge >= 0.3 is 0 Å². The van der Waals surface area contributed by atoms with Crippen LogP contribution in [0.15, 0.2) is 36.7 Å². The molecule has 0 bridgehead atoms. The van der Waals surface area contributed by atoms with E-state index in [1.54, 1.807) is 0 Å². The van der Waals surface area contributed by atoms with Gasteiger partial charge in [0.05, 0.1) is 11.2 Å². The summed E-state index contributed by atoms with van der Waals surface area (Å²) in [6.45, 7) is 0. The zero-order valence-electron chi connectivity index (χ0n) is 8.56. The van der Waals surface area contributed by atoms with Gasteiger partial charge in [0.25, 0.3) is 0 Å². The molecule has 2 aromatic rings. The average molecular weight is 252 g/mol. The lowest BCUT2D eigenvalue weighted by atomic mass is 10.3. The van der Waals surface area contributed by atoms with Gasteiger partial charge in [-0.15, -0.1) is 0 Å². The molecule has 0 aliphatic rings. The Morgan fingerprint density at radius 1 is 1.29 bits per heavy atom. The first-order valence-electron chi connectivity index (χ1n) is 4.72. The molecule has 0 saturated carbocycles. The molecule has 3 nitrogen and oxygen atoms in total. The van der Waals surface area contributed by atoms with E-state index in [1.807, 2.05) is 0 Å². The molecule has 2 rings (SSSR count). The van der Waals surface area contributed by atoms with Crippen LogP contribution in [-0.2, 0) is 0 Å². The third-order valence-electron chi connectivity index (χ3n) is 1.99. The molecule has 86 valence electrons. The second kappa shape index (κ2) is 4.93. The van der Waals surface area contributed by atoms with Gasteiger partial charge in [-0.25, -0.2) is 4.39 Å². The van der Waals surface area contributed by atoms with Gasteiger partial charge in [-0.05, 0) is 24.3 Å². The fraction of sp³-hybridized carbons (Fsp3) is 0. The Hall–Kier alpha value is -1.94. The van der Waals surface area contributed by atoms with Crippen molar-refractivity contribution in [3.63, 3.8) is 0 Å². The van der Waals surface area contributed by atoms with Gasteiger partial charge in [0.2, 0.25) is 0 Å². The first kappa shape index (κ1) is 11.5. The molecule has 1 aromatic heterocycles. The number of ether oxygens (including phenoxy) is 1. The maximum Gasteiger partial charge on any atom is 0.151 e. The molecule has 0 saturated heterocycles. The molecule has 5 heteroatoms. The summed E-state index contributed by atoms with van der Waals surface area (Å²) >= 11 is 5.80. The van der Waals surface area contributed by atoms with E-state index in [2.05, 4.69) is 4.98 Å². The average Bonchev–Trinajstić information content (AvgIpc) is 2.33. The molecule has 0 aliphatic carbocycles. The lowest BCUT2D eigenvalue weighted by molar-refractivity contribution is 0.112. The van der Waals surface area contributed by atoms with Gasteiger partial charge in [-0.2, -0.15) is 0 Å². The van der Waals surface area contributed by atoms with Crippen molar-refractivity contribution < 1.29 is 13.9 Å². The van der Waals surface area contributed by atoms with Gasteiger partial charge in [0.1, 0.15) is 17.3 Å². The van der Waals surface area contributed by atoms with Crippen molar-refractivity contribution in [1.29, 1.82) is 0 Å². The van der Waals surface area contributed by atoms with E-state index < -0.39 is 5.82 Å². The number of aldehydes is 1. The Morgan fingerprint density at radius 2 is 2.12 bits per heavy atom. The molecule has 0 radical (unpaired) electrons. The van der Waals surface area contributed by atoms with Crippen LogP contribution >= 0.6 is 11.6 Å². The SMILES string of the molecule is O=Cc1cncc(Oc2ccc(F)cc2Cl)c1. The quantitative estimate of drug-likeness (QED) is 0.784. The fourth-order valence-electron chi connectivity index (χ4n) is 1.24. The van der Waals surface area contributed by atoms with Crippen LogP contribution in [0.4, 0.5) is 4.39 Å². The molecule has 0 amide bonds. The number of rotatable bonds is 3. The Bertz CT molecular complexity index is 560. The molecule has 0 fully saturated rings. The summed E-state index contributed by atoms with van der Waals surface area (Å²) in [6.07, 6.45) is 3.50. The summed E-state index contributed by atoms with van der Waals surface area (Å²) in [6, 6.07) is 5.30. The van der Waals surface area contributed by atoms with Crippen LogP contribution in [0.5, 0.6) is 11.5 Å². The summed E-state index contributed by atoms with van der Waals surface area (Å²) in [5, 5.41) is 0.154. The van der Waals surface area contributed by atoms with Crippen molar-refractivity contribution in [1.82, 2.24) is 4.98 Å². The minimum absolute atomic E-state index is 0.154. The molecule has 0 N–H and O–H groups in total. The van der Waals surface area contributed by atoms with E-state index in [9.17, 15) is 9.18 Å². The predicted octanol–water partition coefficient (Wildman–Crippen LogP) is 3.48. The second-order valence-corrected chi connectivity index (χ2v) is 3.66. The van der Waals surface area contributed by atoms with E-state index >= 15 is 0 Å². The van der Waals surface area contributed by atoms with Crippen LogP contribution in [-0.4, -0.2) is 11.3 Å². The Kier molecular flexibility index (Phi) is 3.35. The van der Waals surface area contributed by atoms with Crippen molar-refractivity contribution >= 4 is 17.9 Å². The zero-order valence-corrected chi connectivity index (χ0v) is 9.32. The Morgan fingerprint density at radius 3 is 2.82 bits per heavy atom. The number of nitrogens with zero attached hydrogens (tertiary/aromatic N) is 1. The third kappa shape index (κ3) is 2.79. The Balaban J connectivity index is 2.27. The molecular formula is C12H7ClFNO2. The monoisotopic (exact) mass is 251 g/mol. The van der Waals surface area contributed by atoms with Gasteiger partial charge in [-0.3, -0.25) is 9.78 Å². The maximum atomic E-state index is 12.8. The lowest BCUT2D eigenvalue weighted by Gasteiger charge is -2.07. The summed E-state index contributed by atoms with van der Waals surface area (Å²) < 4.78 is 18.2. The third-order valence-corrected chi connectivity index (χ3v) is 2.29. The van der Waals surface area contributed by atoms with Crippen molar-refractivity contribution in [3.05, 3.63) is 53.1 Å². The molecule has 0 spiro atoms.